The van der Waals surface area contributed by atoms with Crippen LogP contribution in [0.2, 0.25) is 0 Å². The number of hydrogen-bond acceptors (Lipinski definition) is 2. The molecule has 1 aliphatic heterocycles. The smallest absolute Gasteiger partial charge is 0.0677 e. The van der Waals surface area contributed by atoms with Crippen LogP contribution in [0.5, 0.6) is 0 Å². The Kier molecular flexibility index (Phi) is 3.26. The normalized spacial score (nSPS) is 44.7. The summed E-state index contributed by atoms with van der Waals surface area (Å²) in [6.07, 6.45) is 8.25. The molecule has 19 heavy (non-hydrogen) atoms. The van der Waals surface area contributed by atoms with Crippen molar-refractivity contribution < 1.29 is 4.74 Å². The number of nitrogens with two attached hydrogens (primary N) is 1. The maximum Gasteiger partial charge on any atom is 0.0677 e. The second kappa shape index (κ2) is 4.46. The van der Waals surface area contributed by atoms with E-state index in [-0.39, 0.29) is 11.2 Å². The van der Waals surface area contributed by atoms with Crippen molar-refractivity contribution in [3.05, 3.63) is 0 Å². The van der Waals surface area contributed by atoms with Crippen LogP contribution in [0.25, 0.3) is 0 Å². The predicted octanol–water partition coefficient (Wildman–Crippen LogP) is 3.73. The van der Waals surface area contributed by atoms with Crippen LogP contribution in [-0.2, 0) is 4.74 Å². The molecule has 2 N–H and O–H groups in total. The van der Waals surface area contributed by atoms with E-state index in [0.29, 0.717) is 12.0 Å². The Morgan fingerprint density at radius 3 is 2.37 bits per heavy atom. The van der Waals surface area contributed by atoms with E-state index in [1.54, 1.807) is 0 Å². The Bertz CT molecular complexity index is 349. The van der Waals surface area contributed by atoms with Gasteiger partial charge in [-0.25, -0.2) is 0 Å². The topological polar surface area (TPSA) is 35.2 Å². The van der Waals surface area contributed by atoms with Crippen LogP contribution in [0.15, 0.2) is 0 Å². The van der Waals surface area contributed by atoms with E-state index in [9.17, 15) is 0 Å². The van der Waals surface area contributed by atoms with Gasteiger partial charge in [0.2, 0.25) is 0 Å². The average molecular weight is 265 g/mol. The summed E-state index contributed by atoms with van der Waals surface area (Å²) in [7, 11) is 0. The summed E-state index contributed by atoms with van der Waals surface area (Å²) < 4.78 is 6.22. The van der Waals surface area contributed by atoms with E-state index in [2.05, 4.69) is 27.7 Å². The molecular formula is C17H31NO. The van der Waals surface area contributed by atoms with Gasteiger partial charge in [-0.3, -0.25) is 0 Å². The van der Waals surface area contributed by atoms with Crippen molar-refractivity contribution in [2.24, 2.45) is 29.4 Å². The predicted molar refractivity (Wildman–Crippen MR) is 78.9 cm³/mol. The molecule has 0 aromatic rings. The monoisotopic (exact) mass is 265 g/mol. The first-order valence-electron chi connectivity index (χ1n) is 8.22. The second-order valence-electron chi connectivity index (χ2n) is 8.61. The summed E-state index contributed by atoms with van der Waals surface area (Å²) >= 11 is 0. The number of fused-ring (bicyclic) bond motifs is 2. The SMILES string of the molecule is CC1(C)CC(C(N)CC2CC3CCC2C3)C(C)(C)O1. The maximum absolute atomic E-state index is 6.61. The van der Waals surface area contributed by atoms with Crippen LogP contribution >= 0.6 is 0 Å². The van der Waals surface area contributed by atoms with Crippen molar-refractivity contribution in [1.29, 1.82) is 0 Å². The molecule has 0 radical (unpaired) electrons. The van der Waals surface area contributed by atoms with Gasteiger partial charge in [0.15, 0.2) is 0 Å². The highest BCUT2D eigenvalue weighted by Crippen LogP contribution is 2.51. The summed E-state index contributed by atoms with van der Waals surface area (Å²) in [6.45, 7) is 8.87. The molecule has 2 saturated carbocycles. The number of hydrogen-bond donors (Lipinski definition) is 1. The Balaban J connectivity index is 1.63. The zero-order valence-electron chi connectivity index (χ0n) is 13.1. The zero-order valence-corrected chi connectivity index (χ0v) is 13.1. The summed E-state index contributed by atoms with van der Waals surface area (Å²) in [4.78, 5) is 0. The first-order chi connectivity index (χ1) is 8.77. The lowest BCUT2D eigenvalue weighted by molar-refractivity contribution is -0.0772. The van der Waals surface area contributed by atoms with Crippen LogP contribution in [0.3, 0.4) is 0 Å². The molecule has 0 amide bonds. The van der Waals surface area contributed by atoms with Gasteiger partial charge in [-0.05, 0) is 77.6 Å². The van der Waals surface area contributed by atoms with Crippen molar-refractivity contribution in [3.63, 3.8) is 0 Å². The fraction of sp³-hybridized carbons (Fsp3) is 1.00. The van der Waals surface area contributed by atoms with Gasteiger partial charge in [0, 0.05) is 12.0 Å². The number of rotatable bonds is 3. The Morgan fingerprint density at radius 2 is 1.89 bits per heavy atom. The minimum Gasteiger partial charge on any atom is -0.369 e. The van der Waals surface area contributed by atoms with E-state index in [1.165, 1.54) is 32.1 Å². The van der Waals surface area contributed by atoms with Gasteiger partial charge in [0.05, 0.1) is 11.2 Å². The fourth-order valence-electron chi connectivity index (χ4n) is 5.45. The minimum absolute atomic E-state index is 0.000464. The molecule has 2 bridgehead atoms. The van der Waals surface area contributed by atoms with Gasteiger partial charge in [-0.1, -0.05) is 6.42 Å². The van der Waals surface area contributed by atoms with Crippen LogP contribution in [-0.4, -0.2) is 17.2 Å². The highest BCUT2D eigenvalue weighted by atomic mass is 16.5. The van der Waals surface area contributed by atoms with Crippen molar-refractivity contribution >= 4 is 0 Å². The average Bonchev–Trinajstić information content (AvgIpc) is 2.90. The third kappa shape index (κ3) is 2.58. The van der Waals surface area contributed by atoms with Crippen LogP contribution < -0.4 is 5.73 Å². The third-order valence-electron chi connectivity index (χ3n) is 6.12. The van der Waals surface area contributed by atoms with Crippen LogP contribution in [0.4, 0.5) is 0 Å². The summed E-state index contributed by atoms with van der Waals surface area (Å²) in [5, 5.41) is 0. The van der Waals surface area contributed by atoms with Gasteiger partial charge in [-0.15, -0.1) is 0 Å². The summed E-state index contributed by atoms with van der Waals surface area (Å²) in [5.41, 5.74) is 6.55. The molecule has 110 valence electrons. The molecule has 5 unspecified atom stereocenters. The molecule has 0 aromatic carbocycles. The molecule has 3 rings (SSSR count). The molecule has 5 atom stereocenters. The minimum atomic E-state index is -0.0550. The van der Waals surface area contributed by atoms with Crippen LogP contribution in [0, 0.1) is 23.7 Å². The summed E-state index contributed by atoms with van der Waals surface area (Å²) in [5.74, 6) is 3.45. The van der Waals surface area contributed by atoms with Gasteiger partial charge < -0.3 is 10.5 Å². The Morgan fingerprint density at radius 1 is 1.16 bits per heavy atom. The van der Waals surface area contributed by atoms with Crippen molar-refractivity contribution in [2.45, 2.75) is 83.5 Å². The fourth-order valence-corrected chi connectivity index (χ4v) is 5.45. The lowest BCUT2D eigenvalue weighted by Gasteiger charge is -2.33. The molecule has 0 spiro atoms. The Hall–Kier alpha value is -0.0800. The van der Waals surface area contributed by atoms with Crippen molar-refractivity contribution in [3.8, 4) is 0 Å². The van der Waals surface area contributed by atoms with Gasteiger partial charge in [0.25, 0.3) is 0 Å². The van der Waals surface area contributed by atoms with E-state index in [0.717, 1.165) is 24.2 Å². The maximum atomic E-state index is 6.61. The highest BCUT2D eigenvalue weighted by Gasteiger charge is 2.49. The van der Waals surface area contributed by atoms with E-state index >= 15 is 0 Å². The largest absolute Gasteiger partial charge is 0.369 e. The Labute approximate surface area is 118 Å². The molecule has 1 heterocycles. The standard InChI is InChI=1S/C17H31NO/c1-16(2)10-14(17(3,4)19-16)15(18)9-13-8-11-5-6-12(13)7-11/h11-15H,5-10,18H2,1-4H3. The molecule has 0 aromatic heterocycles. The van der Waals surface area contributed by atoms with Crippen molar-refractivity contribution in [2.75, 3.05) is 0 Å². The van der Waals surface area contributed by atoms with Gasteiger partial charge in [0.1, 0.15) is 0 Å². The molecule has 3 aliphatic rings. The van der Waals surface area contributed by atoms with Crippen molar-refractivity contribution in [1.82, 2.24) is 0 Å². The first-order valence-corrected chi connectivity index (χ1v) is 8.22. The molecular weight excluding hydrogens is 234 g/mol. The van der Waals surface area contributed by atoms with Gasteiger partial charge in [-0.2, -0.15) is 0 Å². The zero-order chi connectivity index (χ0) is 13.8. The van der Waals surface area contributed by atoms with Crippen LogP contribution in [0.1, 0.15) is 66.2 Å². The molecule has 2 heteroatoms. The highest BCUT2D eigenvalue weighted by molar-refractivity contribution is 5.00. The van der Waals surface area contributed by atoms with Gasteiger partial charge >= 0.3 is 0 Å². The lowest BCUT2D eigenvalue weighted by Crippen LogP contribution is -2.42. The molecule has 2 aliphatic carbocycles. The summed E-state index contributed by atoms with van der Waals surface area (Å²) in [6, 6.07) is 0.320. The quantitative estimate of drug-likeness (QED) is 0.844. The third-order valence-corrected chi connectivity index (χ3v) is 6.12. The van der Waals surface area contributed by atoms with E-state index < -0.39 is 0 Å². The first kappa shape index (κ1) is 13.9. The molecule has 3 fully saturated rings. The van der Waals surface area contributed by atoms with E-state index in [4.69, 9.17) is 10.5 Å². The number of ether oxygens (including phenoxy) is 1. The molecule has 1 saturated heterocycles. The second-order valence-corrected chi connectivity index (χ2v) is 8.61. The molecule has 2 nitrogen and oxygen atoms in total. The lowest BCUT2D eigenvalue weighted by atomic mass is 9.76. The van der Waals surface area contributed by atoms with E-state index in [1.807, 2.05) is 0 Å².